The second kappa shape index (κ2) is 11.1. The van der Waals surface area contributed by atoms with E-state index in [2.05, 4.69) is 81.3 Å². The first-order chi connectivity index (χ1) is 17.8. The van der Waals surface area contributed by atoms with E-state index < -0.39 is 0 Å². The Balaban J connectivity index is 1.34. The van der Waals surface area contributed by atoms with Crippen molar-refractivity contribution in [3.05, 3.63) is 53.1 Å². The number of para-hydroxylation sites is 1. The van der Waals surface area contributed by atoms with Gasteiger partial charge in [-0.15, -0.1) is 0 Å². The predicted molar refractivity (Wildman–Crippen MR) is 160 cm³/mol. The predicted octanol–water partition coefficient (Wildman–Crippen LogP) is 6.76. The summed E-state index contributed by atoms with van der Waals surface area (Å²) in [6, 6.07) is 13.0. The molecule has 0 saturated heterocycles. The number of rotatable bonds is 7. The quantitative estimate of drug-likeness (QED) is 0.322. The first-order valence-corrected chi connectivity index (χ1v) is 14.1. The molecule has 4 rings (SSSR count). The molecule has 6 nitrogen and oxygen atoms in total. The largest absolute Gasteiger partial charge is 0.507 e. The Hall–Kier alpha value is -2.86. The lowest BCUT2D eigenvalue weighted by atomic mass is 9.79. The van der Waals surface area contributed by atoms with E-state index in [1.54, 1.807) is 0 Å². The Morgan fingerprint density at radius 2 is 1.61 bits per heavy atom. The molecule has 1 aliphatic carbocycles. The summed E-state index contributed by atoms with van der Waals surface area (Å²) >= 11 is 0. The molecular weight excluding hydrogens is 470 g/mol. The van der Waals surface area contributed by atoms with Gasteiger partial charge in [-0.1, -0.05) is 65.8 Å². The van der Waals surface area contributed by atoms with E-state index in [0.717, 1.165) is 53.2 Å². The van der Waals surface area contributed by atoms with Gasteiger partial charge in [-0.3, -0.25) is 0 Å². The number of phenols is 1. The molecule has 0 aliphatic heterocycles. The summed E-state index contributed by atoms with van der Waals surface area (Å²) in [7, 11) is 4.06. The van der Waals surface area contributed by atoms with Gasteiger partial charge < -0.3 is 20.6 Å². The fraction of sp³-hybridized carbons (Fsp3) is 0.562. The van der Waals surface area contributed by atoms with Crippen LogP contribution in [0.2, 0.25) is 0 Å². The highest BCUT2D eigenvalue weighted by atomic mass is 16.3. The van der Waals surface area contributed by atoms with Crippen LogP contribution in [-0.2, 0) is 17.4 Å². The number of anilines is 2. The van der Waals surface area contributed by atoms with E-state index in [-0.39, 0.29) is 10.8 Å². The van der Waals surface area contributed by atoms with Gasteiger partial charge in [-0.25, -0.2) is 4.98 Å². The van der Waals surface area contributed by atoms with Gasteiger partial charge in [0.05, 0.1) is 5.52 Å². The molecule has 1 aliphatic rings. The maximum atomic E-state index is 11.1. The molecule has 2 aromatic carbocycles. The standard InChI is InChI=1S/C32H47N5O/c1-31(2,3)23-17-22(28(38)26(18-23)32(4,5)6)20-33-19-21-13-15-24(16-14-21)34-30-35-27-12-10-9-11-25(27)29(36-30)37(7)8/h9-12,17-18,21,24,33,38H,13-16,19-20H2,1-8H3,(H,34,35,36)/t21-,24+. The molecule has 0 spiro atoms. The highest BCUT2D eigenvalue weighted by Crippen LogP contribution is 2.38. The minimum atomic E-state index is -0.104. The summed E-state index contributed by atoms with van der Waals surface area (Å²) in [6.45, 7) is 14.9. The Morgan fingerprint density at radius 1 is 0.921 bits per heavy atom. The molecule has 0 bridgehead atoms. The zero-order valence-corrected chi connectivity index (χ0v) is 24.7. The number of nitrogens with one attached hydrogen (secondary N) is 2. The van der Waals surface area contributed by atoms with Crippen LogP contribution >= 0.6 is 0 Å². The van der Waals surface area contributed by atoms with Crippen molar-refractivity contribution in [3.8, 4) is 5.75 Å². The number of fused-ring (bicyclic) bond motifs is 1. The van der Waals surface area contributed by atoms with Crippen molar-refractivity contribution >= 4 is 22.7 Å². The van der Waals surface area contributed by atoms with E-state index >= 15 is 0 Å². The topological polar surface area (TPSA) is 73.3 Å². The molecule has 6 heteroatoms. The Morgan fingerprint density at radius 3 is 2.24 bits per heavy atom. The van der Waals surface area contributed by atoms with Crippen molar-refractivity contribution < 1.29 is 5.11 Å². The molecule has 3 N–H and O–H groups in total. The van der Waals surface area contributed by atoms with Crippen LogP contribution in [0.15, 0.2) is 36.4 Å². The van der Waals surface area contributed by atoms with Crippen LogP contribution in [0.25, 0.3) is 10.9 Å². The lowest BCUT2D eigenvalue weighted by Gasteiger charge is -2.30. The summed E-state index contributed by atoms with van der Waals surface area (Å²) in [5.41, 5.74) is 4.21. The molecule has 1 aromatic heterocycles. The van der Waals surface area contributed by atoms with Crippen LogP contribution < -0.4 is 15.5 Å². The van der Waals surface area contributed by atoms with Gasteiger partial charge in [0, 0.05) is 37.6 Å². The van der Waals surface area contributed by atoms with Crippen molar-refractivity contribution in [2.45, 2.75) is 90.6 Å². The second-order valence-electron chi connectivity index (χ2n) is 13.3. The third-order valence-corrected chi connectivity index (χ3v) is 7.80. The SMILES string of the molecule is CN(C)c1nc(N[C@H]2CC[C@@H](CNCc3cc(C(C)(C)C)cc(C(C)(C)C)c3O)CC2)nc2ccccc12. The number of hydrogen-bond donors (Lipinski definition) is 3. The third-order valence-electron chi connectivity index (χ3n) is 7.80. The van der Waals surface area contributed by atoms with Crippen LogP contribution in [0.4, 0.5) is 11.8 Å². The molecule has 1 heterocycles. The maximum absolute atomic E-state index is 11.1. The van der Waals surface area contributed by atoms with E-state index in [9.17, 15) is 5.11 Å². The molecule has 38 heavy (non-hydrogen) atoms. The van der Waals surface area contributed by atoms with Crippen molar-refractivity contribution in [3.63, 3.8) is 0 Å². The minimum absolute atomic E-state index is 0.0376. The molecule has 0 unspecified atom stereocenters. The number of aromatic hydroxyl groups is 1. The van der Waals surface area contributed by atoms with Gasteiger partial charge in [0.2, 0.25) is 5.95 Å². The molecule has 0 amide bonds. The van der Waals surface area contributed by atoms with E-state index in [1.165, 1.54) is 18.4 Å². The molecular formula is C32H47N5O. The summed E-state index contributed by atoms with van der Waals surface area (Å²) in [5, 5.41) is 19.4. The van der Waals surface area contributed by atoms with Crippen molar-refractivity contribution in [2.75, 3.05) is 30.9 Å². The molecule has 206 valence electrons. The van der Waals surface area contributed by atoms with Gasteiger partial charge >= 0.3 is 0 Å². The molecule has 3 aromatic rings. The average Bonchev–Trinajstić information content (AvgIpc) is 2.84. The van der Waals surface area contributed by atoms with Crippen LogP contribution in [0, 0.1) is 5.92 Å². The Bertz CT molecular complexity index is 1250. The van der Waals surface area contributed by atoms with E-state index in [4.69, 9.17) is 9.97 Å². The van der Waals surface area contributed by atoms with Crippen LogP contribution in [0.3, 0.4) is 0 Å². The van der Waals surface area contributed by atoms with E-state index in [0.29, 0.717) is 24.3 Å². The maximum Gasteiger partial charge on any atom is 0.225 e. The monoisotopic (exact) mass is 517 g/mol. The summed E-state index contributed by atoms with van der Waals surface area (Å²) in [6.07, 6.45) is 4.55. The summed E-state index contributed by atoms with van der Waals surface area (Å²) < 4.78 is 0. The fourth-order valence-electron chi connectivity index (χ4n) is 5.40. The van der Waals surface area contributed by atoms with Crippen LogP contribution in [0.1, 0.15) is 83.9 Å². The minimum Gasteiger partial charge on any atom is -0.507 e. The van der Waals surface area contributed by atoms with Crippen molar-refractivity contribution in [2.24, 2.45) is 5.92 Å². The van der Waals surface area contributed by atoms with Gasteiger partial charge in [0.25, 0.3) is 0 Å². The van der Waals surface area contributed by atoms with E-state index in [1.807, 2.05) is 26.2 Å². The molecule has 0 atom stereocenters. The first kappa shape index (κ1) is 28.2. The van der Waals surface area contributed by atoms with Gasteiger partial charge in [-0.05, 0) is 72.2 Å². The molecule has 1 saturated carbocycles. The second-order valence-corrected chi connectivity index (χ2v) is 13.3. The third kappa shape index (κ3) is 6.58. The number of benzene rings is 2. The lowest BCUT2D eigenvalue weighted by Crippen LogP contribution is -2.32. The van der Waals surface area contributed by atoms with Gasteiger partial charge in [0.1, 0.15) is 11.6 Å². The highest BCUT2D eigenvalue weighted by Gasteiger charge is 2.26. The summed E-state index contributed by atoms with van der Waals surface area (Å²) in [5.74, 6) is 2.75. The lowest BCUT2D eigenvalue weighted by molar-refractivity contribution is 0.323. The Labute approximate surface area is 229 Å². The normalized spacial score (nSPS) is 18.5. The summed E-state index contributed by atoms with van der Waals surface area (Å²) in [4.78, 5) is 11.7. The van der Waals surface area contributed by atoms with Crippen LogP contribution in [-0.4, -0.2) is 41.8 Å². The zero-order valence-electron chi connectivity index (χ0n) is 24.7. The fourth-order valence-corrected chi connectivity index (χ4v) is 5.40. The van der Waals surface area contributed by atoms with Gasteiger partial charge in [0.15, 0.2) is 0 Å². The number of nitrogens with zero attached hydrogens (tertiary/aromatic N) is 3. The zero-order chi connectivity index (χ0) is 27.7. The smallest absolute Gasteiger partial charge is 0.225 e. The van der Waals surface area contributed by atoms with Crippen molar-refractivity contribution in [1.29, 1.82) is 0 Å². The molecule has 0 radical (unpaired) electrons. The van der Waals surface area contributed by atoms with Crippen molar-refractivity contribution in [1.82, 2.24) is 15.3 Å². The number of aromatic nitrogens is 2. The highest BCUT2D eigenvalue weighted by molar-refractivity contribution is 5.90. The first-order valence-electron chi connectivity index (χ1n) is 14.1. The number of hydrogen-bond acceptors (Lipinski definition) is 6. The Kier molecular flexibility index (Phi) is 8.22. The number of phenolic OH excluding ortho intramolecular Hbond substituents is 1. The average molecular weight is 518 g/mol. The van der Waals surface area contributed by atoms with Gasteiger partial charge in [-0.2, -0.15) is 4.98 Å². The van der Waals surface area contributed by atoms with Crippen LogP contribution in [0.5, 0.6) is 5.75 Å². The molecule has 1 fully saturated rings.